The second-order valence-electron chi connectivity index (χ2n) is 4.58. The second-order valence-corrected chi connectivity index (χ2v) is 5.52. The highest BCUT2D eigenvalue weighted by Crippen LogP contribution is 2.27. The van der Waals surface area contributed by atoms with Crippen LogP contribution in [0.3, 0.4) is 0 Å². The van der Waals surface area contributed by atoms with Crippen molar-refractivity contribution in [1.29, 1.82) is 0 Å². The quantitative estimate of drug-likeness (QED) is 0.746. The predicted octanol–water partition coefficient (Wildman–Crippen LogP) is 2.38. The van der Waals surface area contributed by atoms with Gasteiger partial charge in [-0.1, -0.05) is 11.8 Å². The molecule has 1 aromatic carbocycles. The molecule has 0 unspecified atom stereocenters. The first kappa shape index (κ1) is 13.7. The van der Waals surface area contributed by atoms with Crippen molar-refractivity contribution in [3.05, 3.63) is 29.8 Å². The Morgan fingerprint density at radius 2 is 2.19 bits per heavy atom. The summed E-state index contributed by atoms with van der Waals surface area (Å²) in [5.74, 6) is -0.156. The van der Waals surface area contributed by atoms with Gasteiger partial charge in [-0.05, 0) is 36.8 Å². The zero-order chi connectivity index (χ0) is 15.0. The van der Waals surface area contributed by atoms with Crippen LogP contribution in [0, 0.1) is 6.92 Å². The van der Waals surface area contributed by atoms with Crippen LogP contribution < -0.4 is 4.74 Å². The first-order valence-electron chi connectivity index (χ1n) is 6.27. The first-order chi connectivity index (χ1) is 10.1. The summed E-state index contributed by atoms with van der Waals surface area (Å²) in [7, 11) is 1.62. The lowest BCUT2D eigenvalue weighted by Crippen LogP contribution is -2.00. The molecule has 3 aromatic rings. The number of rotatable bonds is 4. The molecule has 0 spiro atoms. The predicted molar refractivity (Wildman–Crippen MR) is 80.1 cm³/mol. The van der Waals surface area contributed by atoms with Gasteiger partial charge in [0.05, 0.1) is 18.4 Å². The van der Waals surface area contributed by atoms with E-state index in [1.807, 2.05) is 35.6 Å². The Balaban J connectivity index is 2.24. The second kappa shape index (κ2) is 5.25. The van der Waals surface area contributed by atoms with E-state index in [-0.39, 0.29) is 5.75 Å². The number of methoxy groups -OCH3 is 1. The molecule has 2 heterocycles. The molecule has 0 bridgehead atoms. The molecule has 6 nitrogen and oxygen atoms in total. The van der Waals surface area contributed by atoms with Crippen LogP contribution in [0.2, 0.25) is 0 Å². The Labute approximate surface area is 124 Å². The Kier molecular flexibility index (Phi) is 3.42. The third-order valence-electron chi connectivity index (χ3n) is 3.16. The summed E-state index contributed by atoms with van der Waals surface area (Å²) >= 11 is 1.16. The van der Waals surface area contributed by atoms with E-state index in [1.165, 1.54) is 0 Å². The molecule has 0 saturated carbocycles. The van der Waals surface area contributed by atoms with Gasteiger partial charge in [0.25, 0.3) is 0 Å². The number of aliphatic carboxylic acids is 1. The van der Waals surface area contributed by atoms with E-state index in [9.17, 15) is 4.79 Å². The highest BCUT2D eigenvalue weighted by molar-refractivity contribution is 7.99. The standard InChI is InChI=1S/C14H13N3O3S/c1-8-5-9-6-10(20-2)3-4-11(9)17-13(8)15-16-14(17)21-7-12(18)19/h3-6H,7H2,1-2H3,(H,18,19). The monoisotopic (exact) mass is 303 g/mol. The van der Waals surface area contributed by atoms with Crippen molar-refractivity contribution in [3.63, 3.8) is 0 Å². The number of fused-ring (bicyclic) bond motifs is 3. The van der Waals surface area contributed by atoms with E-state index in [1.54, 1.807) is 7.11 Å². The fraction of sp³-hybridized carbons (Fsp3) is 0.214. The van der Waals surface area contributed by atoms with E-state index in [2.05, 4.69) is 10.2 Å². The van der Waals surface area contributed by atoms with Crippen molar-refractivity contribution >= 4 is 34.3 Å². The van der Waals surface area contributed by atoms with E-state index in [4.69, 9.17) is 9.84 Å². The molecule has 2 aromatic heterocycles. The number of thioether (sulfide) groups is 1. The summed E-state index contributed by atoms with van der Waals surface area (Å²) in [5, 5.41) is 18.7. The number of aromatic nitrogens is 3. The van der Waals surface area contributed by atoms with Crippen molar-refractivity contribution in [2.75, 3.05) is 12.9 Å². The average Bonchev–Trinajstić information content (AvgIpc) is 2.89. The molecule has 3 rings (SSSR count). The lowest BCUT2D eigenvalue weighted by molar-refractivity contribution is -0.133. The molecular weight excluding hydrogens is 290 g/mol. The maximum absolute atomic E-state index is 10.7. The minimum absolute atomic E-state index is 0.0492. The summed E-state index contributed by atoms with van der Waals surface area (Å²) in [6.45, 7) is 1.95. The molecule has 7 heteroatoms. The lowest BCUT2D eigenvalue weighted by atomic mass is 10.1. The van der Waals surface area contributed by atoms with Crippen LogP contribution in [0.4, 0.5) is 0 Å². The molecule has 0 amide bonds. The van der Waals surface area contributed by atoms with Crippen molar-refractivity contribution in [2.45, 2.75) is 12.1 Å². The number of aryl methyl sites for hydroxylation is 1. The number of nitrogens with zero attached hydrogens (tertiary/aromatic N) is 3. The van der Waals surface area contributed by atoms with Gasteiger partial charge >= 0.3 is 5.97 Å². The van der Waals surface area contributed by atoms with E-state index < -0.39 is 5.97 Å². The molecule has 0 aliphatic rings. The van der Waals surface area contributed by atoms with Gasteiger partial charge in [-0.3, -0.25) is 9.20 Å². The number of carbonyl (C=O) groups is 1. The van der Waals surface area contributed by atoms with E-state index >= 15 is 0 Å². The minimum atomic E-state index is -0.879. The highest BCUT2D eigenvalue weighted by Gasteiger charge is 2.13. The smallest absolute Gasteiger partial charge is 0.313 e. The minimum Gasteiger partial charge on any atom is -0.497 e. The summed E-state index contributed by atoms with van der Waals surface area (Å²) in [6.07, 6.45) is 0. The summed E-state index contributed by atoms with van der Waals surface area (Å²) in [5.41, 5.74) is 2.64. The van der Waals surface area contributed by atoms with Crippen molar-refractivity contribution < 1.29 is 14.6 Å². The normalized spacial score (nSPS) is 11.1. The third-order valence-corrected chi connectivity index (χ3v) is 4.07. The Hall–Kier alpha value is -2.28. The molecule has 0 atom stereocenters. The SMILES string of the molecule is COc1ccc2c(c1)cc(C)c1nnc(SCC(=O)O)n12. The van der Waals surface area contributed by atoms with Gasteiger partial charge in [0.2, 0.25) is 0 Å². The molecule has 0 fully saturated rings. The van der Waals surface area contributed by atoms with Gasteiger partial charge in [0.1, 0.15) is 5.75 Å². The van der Waals surface area contributed by atoms with Gasteiger partial charge in [-0.25, -0.2) is 0 Å². The number of pyridine rings is 1. The van der Waals surface area contributed by atoms with Crippen LogP contribution in [-0.2, 0) is 4.79 Å². The molecule has 1 N–H and O–H groups in total. The number of benzene rings is 1. The zero-order valence-electron chi connectivity index (χ0n) is 11.5. The average molecular weight is 303 g/mol. The van der Waals surface area contributed by atoms with Crippen LogP contribution in [0.5, 0.6) is 5.75 Å². The largest absolute Gasteiger partial charge is 0.497 e. The summed E-state index contributed by atoms with van der Waals surface area (Å²) < 4.78 is 7.13. The number of carboxylic acids is 1. The Bertz CT molecular complexity index is 844. The van der Waals surface area contributed by atoms with Gasteiger partial charge in [0.15, 0.2) is 10.8 Å². The fourth-order valence-corrected chi connectivity index (χ4v) is 2.90. The van der Waals surface area contributed by atoms with Gasteiger partial charge in [-0.2, -0.15) is 0 Å². The fourth-order valence-electron chi connectivity index (χ4n) is 2.24. The van der Waals surface area contributed by atoms with Gasteiger partial charge in [-0.15, -0.1) is 10.2 Å². The molecule has 0 aliphatic heterocycles. The van der Waals surface area contributed by atoms with Crippen LogP contribution in [-0.4, -0.2) is 38.5 Å². The molecule has 0 aliphatic carbocycles. The van der Waals surface area contributed by atoms with Gasteiger partial charge in [0, 0.05) is 5.39 Å². The van der Waals surface area contributed by atoms with Crippen molar-refractivity contribution in [1.82, 2.24) is 14.6 Å². The van der Waals surface area contributed by atoms with Crippen LogP contribution in [0.15, 0.2) is 29.4 Å². The molecule has 108 valence electrons. The molecule has 0 radical (unpaired) electrons. The van der Waals surface area contributed by atoms with Crippen LogP contribution in [0.1, 0.15) is 5.56 Å². The van der Waals surface area contributed by atoms with Crippen molar-refractivity contribution in [3.8, 4) is 5.75 Å². The molecule has 21 heavy (non-hydrogen) atoms. The van der Waals surface area contributed by atoms with Crippen molar-refractivity contribution in [2.24, 2.45) is 0 Å². The van der Waals surface area contributed by atoms with Crippen LogP contribution >= 0.6 is 11.8 Å². The summed E-state index contributed by atoms with van der Waals surface area (Å²) in [6, 6.07) is 7.75. The number of hydrogen-bond donors (Lipinski definition) is 1. The number of ether oxygens (including phenoxy) is 1. The van der Waals surface area contributed by atoms with E-state index in [0.29, 0.717) is 5.16 Å². The summed E-state index contributed by atoms with van der Waals surface area (Å²) in [4.78, 5) is 10.7. The highest BCUT2D eigenvalue weighted by atomic mass is 32.2. The number of carboxylic acid groups (broad SMARTS) is 1. The number of hydrogen-bond acceptors (Lipinski definition) is 5. The van der Waals surface area contributed by atoms with E-state index in [0.717, 1.165) is 39.6 Å². The molecular formula is C14H13N3O3S. The third kappa shape index (κ3) is 2.40. The lowest BCUT2D eigenvalue weighted by Gasteiger charge is -2.08. The molecule has 0 saturated heterocycles. The topological polar surface area (TPSA) is 76.7 Å². The zero-order valence-corrected chi connectivity index (χ0v) is 12.3. The van der Waals surface area contributed by atoms with Crippen LogP contribution in [0.25, 0.3) is 16.6 Å². The van der Waals surface area contributed by atoms with Gasteiger partial charge < -0.3 is 9.84 Å². The maximum Gasteiger partial charge on any atom is 0.313 e. The Morgan fingerprint density at radius 3 is 2.90 bits per heavy atom. The maximum atomic E-state index is 10.7. The Morgan fingerprint density at radius 1 is 1.38 bits per heavy atom. The first-order valence-corrected chi connectivity index (χ1v) is 7.26.